The van der Waals surface area contributed by atoms with E-state index in [-0.39, 0.29) is 29.1 Å². The second-order valence-corrected chi connectivity index (χ2v) is 9.51. The Balaban J connectivity index is 1.43. The molecule has 0 bridgehead atoms. The van der Waals surface area contributed by atoms with Gasteiger partial charge in [-0.15, -0.1) is 11.8 Å². The van der Waals surface area contributed by atoms with Crippen LogP contribution in [0.15, 0.2) is 58.4 Å². The van der Waals surface area contributed by atoms with Crippen molar-refractivity contribution in [2.45, 2.75) is 10.9 Å². The lowest BCUT2D eigenvalue weighted by atomic mass is 10.2. The molecule has 1 atom stereocenters. The van der Waals surface area contributed by atoms with Gasteiger partial charge in [0.05, 0.1) is 17.9 Å². The molecule has 0 radical (unpaired) electrons. The van der Waals surface area contributed by atoms with E-state index in [0.717, 1.165) is 0 Å². The third kappa shape index (κ3) is 4.37. The number of hydrogen-bond donors (Lipinski definition) is 2. The van der Waals surface area contributed by atoms with Crippen LogP contribution >= 0.6 is 11.8 Å². The van der Waals surface area contributed by atoms with Gasteiger partial charge in [0, 0.05) is 17.0 Å². The number of ether oxygens (including phenoxy) is 1. The smallest absolute Gasteiger partial charge is 0.263 e. The minimum Gasteiger partial charge on any atom is -0.497 e. The van der Waals surface area contributed by atoms with Gasteiger partial charge in [0.15, 0.2) is 0 Å². The Bertz CT molecular complexity index is 1150. The number of hydrogen-bond acceptors (Lipinski definition) is 7. The van der Waals surface area contributed by atoms with Gasteiger partial charge in [-0.3, -0.25) is 19.3 Å². The van der Waals surface area contributed by atoms with Crippen LogP contribution in [0.5, 0.6) is 5.75 Å². The van der Waals surface area contributed by atoms with E-state index in [4.69, 9.17) is 4.74 Å². The number of rotatable bonds is 5. The van der Waals surface area contributed by atoms with Gasteiger partial charge in [-0.25, -0.2) is 8.42 Å². The Kier molecular flexibility index (Phi) is 5.88. The first kappa shape index (κ1) is 21.2. The zero-order chi connectivity index (χ0) is 22.0. The normalized spacial score (nSPS) is 20.2. The lowest BCUT2D eigenvalue weighted by molar-refractivity contribution is -0.135. The molecule has 0 saturated carbocycles. The van der Waals surface area contributed by atoms with Gasteiger partial charge in [-0.2, -0.15) is 0 Å². The number of nitrogens with zero attached hydrogens (tertiary/aromatic N) is 2. The van der Waals surface area contributed by atoms with E-state index in [0.29, 0.717) is 28.6 Å². The molecule has 162 valence electrons. The van der Waals surface area contributed by atoms with E-state index < -0.39 is 16.1 Å². The van der Waals surface area contributed by atoms with Crippen molar-refractivity contribution < 1.29 is 22.7 Å². The quantitative estimate of drug-likeness (QED) is 0.694. The van der Waals surface area contributed by atoms with Gasteiger partial charge in [0.25, 0.3) is 10.0 Å². The molecular formula is C20H20N4O5S2. The predicted octanol–water partition coefficient (Wildman–Crippen LogP) is 1.27. The number of carbonyl (C=O) groups is 2. The first-order chi connectivity index (χ1) is 14.9. The van der Waals surface area contributed by atoms with E-state index in [9.17, 15) is 18.0 Å². The monoisotopic (exact) mass is 460 g/mol. The van der Waals surface area contributed by atoms with E-state index in [2.05, 4.69) is 15.0 Å². The third-order valence-electron chi connectivity index (χ3n) is 4.90. The van der Waals surface area contributed by atoms with E-state index in [1.165, 1.54) is 22.7 Å². The Hall–Kier alpha value is -3.05. The molecule has 2 aromatic rings. The molecule has 2 amide bonds. The number of nitrogens with one attached hydrogen (secondary N) is 2. The number of thioether (sulfide) groups is 1. The molecule has 2 N–H and O–H groups in total. The van der Waals surface area contributed by atoms with E-state index >= 15 is 0 Å². The largest absolute Gasteiger partial charge is 0.497 e. The number of sulfonamides is 1. The molecule has 2 aliphatic heterocycles. The van der Waals surface area contributed by atoms with Crippen molar-refractivity contribution in [2.24, 2.45) is 4.99 Å². The van der Waals surface area contributed by atoms with Gasteiger partial charge in [-0.1, -0.05) is 12.1 Å². The van der Waals surface area contributed by atoms with Gasteiger partial charge in [0.1, 0.15) is 24.2 Å². The maximum atomic E-state index is 12.8. The first-order valence-corrected chi connectivity index (χ1v) is 12.0. The summed E-state index contributed by atoms with van der Waals surface area (Å²) in [5.74, 6) is 1.01. The summed E-state index contributed by atoms with van der Waals surface area (Å²) in [6.45, 7) is -0.265. The molecule has 4 rings (SSSR count). The number of amidine groups is 1. The summed E-state index contributed by atoms with van der Waals surface area (Å²) in [6, 6.07) is 12.7. The Morgan fingerprint density at radius 2 is 1.97 bits per heavy atom. The molecule has 31 heavy (non-hydrogen) atoms. The van der Waals surface area contributed by atoms with Crippen LogP contribution in [0.2, 0.25) is 0 Å². The summed E-state index contributed by atoms with van der Waals surface area (Å²) < 4.78 is 31.8. The average Bonchev–Trinajstić information content (AvgIpc) is 3.36. The van der Waals surface area contributed by atoms with Crippen LogP contribution in [-0.2, 0) is 19.6 Å². The maximum absolute atomic E-state index is 12.8. The maximum Gasteiger partial charge on any atom is 0.263 e. The van der Waals surface area contributed by atoms with Crippen LogP contribution in [0.25, 0.3) is 0 Å². The van der Waals surface area contributed by atoms with Crippen molar-refractivity contribution in [3.8, 4) is 5.75 Å². The van der Waals surface area contributed by atoms with Crippen LogP contribution in [0.3, 0.4) is 0 Å². The number of methoxy groups -OCH3 is 1. The Labute approximate surface area is 183 Å². The van der Waals surface area contributed by atoms with Crippen molar-refractivity contribution in [2.75, 3.05) is 30.6 Å². The second-order valence-electron chi connectivity index (χ2n) is 6.86. The zero-order valence-electron chi connectivity index (χ0n) is 16.6. The highest BCUT2D eigenvalue weighted by Gasteiger charge is 2.35. The molecule has 0 aromatic heterocycles. The molecule has 2 aliphatic rings. The molecule has 2 heterocycles. The highest BCUT2D eigenvalue weighted by molar-refractivity contribution is 7.99. The Morgan fingerprint density at radius 3 is 2.71 bits per heavy atom. The first-order valence-electron chi connectivity index (χ1n) is 9.38. The van der Waals surface area contributed by atoms with Crippen LogP contribution < -0.4 is 14.8 Å². The number of carbonyl (C=O) groups excluding carboxylic acids is 2. The molecular weight excluding hydrogens is 440 g/mol. The average molecular weight is 461 g/mol. The second kappa shape index (κ2) is 8.60. The van der Waals surface area contributed by atoms with E-state index in [1.807, 2.05) is 0 Å². The Morgan fingerprint density at radius 1 is 1.23 bits per heavy atom. The summed E-state index contributed by atoms with van der Waals surface area (Å²) in [7, 11) is -2.11. The molecule has 0 spiro atoms. The van der Waals surface area contributed by atoms with Crippen molar-refractivity contribution >= 4 is 45.1 Å². The summed E-state index contributed by atoms with van der Waals surface area (Å²) in [4.78, 5) is 31.3. The van der Waals surface area contributed by atoms with Crippen molar-refractivity contribution in [1.29, 1.82) is 0 Å². The summed E-state index contributed by atoms with van der Waals surface area (Å²) in [5.41, 5.74) is 1.03. The van der Waals surface area contributed by atoms with Gasteiger partial charge < -0.3 is 15.0 Å². The van der Waals surface area contributed by atoms with Crippen LogP contribution in [0, 0.1) is 0 Å². The lowest BCUT2D eigenvalue weighted by Crippen LogP contribution is -2.45. The van der Waals surface area contributed by atoms with Gasteiger partial charge in [-0.05, 0) is 36.4 Å². The molecule has 1 unspecified atom stereocenters. The SMILES string of the molecule is COc1ccc(NC(=O)C2CSCN2C(=O)CN=C2NS(=O)(=O)c3ccccc32)cc1. The predicted molar refractivity (Wildman–Crippen MR) is 118 cm³/mol. The summed E-state index contributed by atoms with van der Waals surface area (Å²) in [6.07, 6.45) is 0. The minimum atomic E-state index is -3.67. The highest BCUT2D eigenvalue weighted by Crippen LogP contribution is 2.24. The van der Waals surface area contributed by atoms with Gasteiger partial charge >= 0.3 is 0 Å². The number of benzene rings is 2. The number of amides is 2. The molecule has 0 aliphatic carbocycles. The summed E-state index contributed by atoms with van der Waals surface area (Å²) in [5, 5.41) is 2.81. The molecule has 1 fully saturated rings. The molecule has 1 saturated heterocycles. The fraction of sp³-hybridized carbons (Fsp3) is 0.250. The highest BCUT2D eigenvalue weighted by atomic mass is 32.2. The van der Waals surface area contributed by atoms with Crippen molar-refractivity contribution in [1.82, 2.24) is 9.62 Å². The van der Waals surface area contributed by atoms with Crippen molar-refractivity contribution in [3.05, 3.63) is 54.1 Å². The van der Waals surface area contributed by atoms with E-state index in [1.54, 1.807) is 49.6 Å². The molecule has 9 nitrogen and oxygen atoms in total. The number of anilines is 1. The molecule has 11 heteroatoms. The number of fused-ring (bicyclic) bond motifs is 1. The van der Waals surface area contributed by atoms with Crippen LogP contribution in [-0.4, -0.2) is 62.3 Å². The third-order valence-corrected chi connectivity index (χ3v) is 7.31. The fourth-order valence-corrected chi connectivity index (χ4v) is 5.73. The summed E-state index contributed by atoms with van der Waals surface area (Å²) >= 11 is 1.47. The van der Waals surface area contributed by atoms with Crippen LogP contribution in [0.4, 0.5) is 5.69 Å². The molecule has 2 aromatic carbocycles. The fourth-order valence-electron chi connectivity index (χ4n) is 3.29. The standard InChI is InChI=1S/C20H20N4O5S2/c1-29-14-8-6-13(7-9-14)22-20(26)16-11-30-12-24(16)18(25)10-21-19-15-4-2-3-5-17(15)31(27,28)23-19/h2-9,16H,10-12H2,1H3,(H,21,23)(H,22,26). The zero-order valence-corrected chi connectivity index (χ0v) is 18.2. The van der Waals surface area contributed by atoms with Crippen molar-refractivity contribution in [3.63, 3.8) is 0 Å². The minimum absolute atomic E-state index is 0.134. The van der Waals surface area contributed by atoms with Gasteiger partial charge in [0.2, 0.25) is 11.8 Å². The number of aliphatic imine (C=N–C) groups is 1. The van der Waals surface area contributed by atoms with Crippen LogP contribution in [0.1, 0.15) is 5.56 Å². The topological polar surface area (TPSA) is 117 Å². The lowest BCUT2D eigenvalue weighted by Gasteiger charge is -2.22.